The second-order valence-corrected chi connectivity index (χ2v) is 8.93. The van der Waals surface area contributed by atoms with E-state index in [0.29, 0.717) is 11.8 Å². The van der Waals surface area contributed by atoms with E-state index in [2.05, 4.69) is 10.6 Å². The highest BCUT2D eigenvalue weighted by Gasteiger charge is 2.29. The Morgan fingerprint density at radius 1 is 0.970 bits per heavy atom. The molecule has 0 spiro atoms. The van der Waals surface area contributed by atoms with Gasteiger partial charge in [0.15, 0.2) is 0 Å². The predicted octanol–water partition coefficient (Wildman–Crippen LogP) is 3.52. The fourth-order valence-corrected chi connectivity index (χ4v) is 3.14. The van der Waals surface area contributed by atoms with Crippen LogP contribution >= 0.6 is 0 Å². The summed E-state index contributed by atoms with van der Waals surface area (Å²) in [4.78, 5) is 39.6. The van der Waals surface area contributed by atoms with Gasteiger partial charge in [0.1, 0.15) is 17.7 Å². The number of aryl methyl sites for hydroxylation is 1. The molecule has 2 rings (SSSR count). The maximum atomic E-state index is 13.4. The molecule has 0 heterocycles. The number of nitrogens with zero attached hydrogens (tertiary/aromatic N) is 1. The smallest absolute Gasteiger partial charge is 0.256 e. The molecular formula is C25H31F2N3O3. The molecular weight excluding hydrogens is 428 g/mol. The molecule has 3 amide bonds. The third-order valence-electron chi connectivity index (χ3n) is 4.88. The number of imide groups is 1. The Labute approximate surface area is 193 Å². The zero-order valence-corrected chi connectivity index (χ0v) is 19.7. The van der Waals surface area contributed by atoms with Gasteiger partial charge in [-0.05, 0) is 69.5 Å². The third kappa shape index (κ3) is 8.05. The van der Waals surface area contributed by atoms with Crippen molar-refractivity contribution < 1.29 is 23.2 Å². The molecule has 0 saturated heterocycles. The summed E-state index contributed by atoms with van der Waals surface area (Å²) in [5.74, 6) is -3.25. The molecule has 2 aromatic rings. The van der Waals surface area contributed by atoms with Gasteiger partial charge in [0.05, 0.1) is 18.7 Å². The van der Waals surface area contributed by atoms with Gasteiger partial charge in [-0.1, -0.05) is 19.1 Å². The van der Waals surface area contributed by atoms with Crippen molar-refractivity contribution in [3.63, 3.8) is 0 Å². The van der Waals surface area contributed by atoms with Gasteiger partial charge in [0, 0.05) is 11.6 Å². The fraction of sp³-hybridized carbons (Fsp3) is 0.400. The summed E-state index contributed by atoms with van der Waals surface area (Å²) in [6, 6.07) is 8.83. The molecule has 1 atom stereocenters. The van der Waals surface area contributed by atoms with Crippen LogP contribution in [0.5, 0.6) is 0 Å². The van der Waals surface area contributed by atoms with Crippen molar-refractivity contribution in [1.29, 1.82) is 0 Å². The summed E-state index contributed by atoms with van der Waals surface area (Å²) in [6.45, 7) is 9.10. The van der Waals surface area contributed by atoms with Crippen molar-refractivity contribution >= 4 is 23.4 Å². The number of hydrogen-bond acceptors (Lipinski definition) is 4. The summed E-state index contributed by atoms with van der Waals surface area (Å²) in [6.07, 6.45) is 0.498. The highest BCUT2D eigenvalue weighted by Crippen LogP contribution is 2.18. The van der Waals surface area contributed by atoms with E-state index in [4.69, 9.17) is 0 Å². The molecule has 0 aliphatic heterocycles. The molecule has 0 aliphatic rings. The minimum Gasteiger partial charge on any atom is -0.344 e. The van der Waals surface area contributed by atoms with Crippen LogP contribution in [0.3, 0.4) is 0 Å². The van der Waals surface area contributed by atoms with Crippen molar-refractivity contribution in [2.75, 3.05) is 11.4 Å². The number of carbonyl (C=O) groups excluding carboxylic acids is 3. The first-order valence-electron chi connectivity index (χ1n) is 10.8. The molecule has 33 heavy (non-hydrogen) atoms. The number of rotatable bonds is 8. The Morgan fingerprint density at radius 2 is 1.55 bits per heavy atom. The minimum atomic E-state index is -1.04. The van der Waals surface area contributed by atoms with Gasteiger partial charge in [-0.2, -0.15) is 0 Å². The van der Waals surface area contributed by atoms with Crippen LogP contribution in [-0.2, 0) is 27.2 Å². The monoisotopic (exact) mass is 459 g/mol. The standard InChI is InChI=1S/C25H31F2N3O3/c1-6-17-7-9-21(10-8-17)30(23(32)15-28-25(3,4)5)24(33)16(2)29-22(31)13-18-11-19(26)14-20(27)12-18/h7-12,14,16,28H,6,13,15H2,1-5H3,(H,29,31)/t16-/m0/s1. The topological polar surface area (TPSA) is 78.5 Å². The molecule has 0 unspecified atom stereocenters. The molecule has 2 N–H and O–H groups in total. The number of amides is 3. The number of nitrogens with one attached hydrogen (secondary N) is 2. The van der Waals surface area contributed by atoms with Gasteiger partial charge in [-0.15, -0.1) is 0 Å². The molecule has 0 aliphatic carbocycles. The summed E-state index contributed by atoms with van der Waals surface area (Å²) in [5.41, 5.74) is 1.25. The number of anilines is 1. The lowest BCUT2D eigenvalue weighted by molar-refractivity contribution is -0.130. The molecule has 0 aromatic heterocycles. The van der Waals surface area contributed by atoms with Crippen LogP contribution in [0, 0.1) is 11.6 Å². The van der Waals surface area contributed by atoms with Gasteiger partial charge >= 0.3 is 0 Å². The normalized spacial score (nSPS) is 12.2. The summed E-state index contributed by atoms with van der Waals surface area (Å²) < 4.78 is 26.8. The number of benzene rings is 2. The average Bonchev–Trinajstić information content (AvgIpc) is 2.71. The first kappa shape index (κ1) is 26.1. The van der Waals surface area contributed by atoms with Crippen molar-refractivity contribution in [3.8, 4) is 0 Å². The molecule has 0 saturated carbocycles. The third-order valence-corrected chi connectivity index (χ3v) is 4.88. The van der Waals surface area contributed by atoms with Crippen LogP contribution in [-0.4, -0.2) is 35.8 Å². The largest absolute Gasteiger partial charge is 0.344 e. The van der Waals surface area contributed by atoms with Gasteiger partial charge in [-0.3, -0.25) is 14.4 Å². The lowest BCUT2D eigenvalue weighted by Gasteiger charge is -2.27. The molecule has 0 radical (unpaired) electrons. The first-order chi connectivity index (χ1) is 15.4. The van der Waals surface area contributed by atoms with Crippen LogP contribution in [0.2, 0.25) is 0 Å². The molecule has 0 bridgehead atoms. The second kappa shape index (κ2) is 11.1. The SMILES string of the molecule is CCc1ccc(N(C(=O)CNC(C)(C)C)C(=O)[C@H](C)NC(=O)Cc2cc(F)cc(F)c2)cc1. The van der Waals surface area contributed by atoms with Gasteiger partial charge in [0.2, 0.25) is 11.8 Å². The average molecular weight is 460 g/mol. The van der Waals surface area contributed by atoms with Gasteiger partial charge < -0.3 is 10.6 Å². The lowest BCUT2D eigenvalue weighted by atomic mass is 10.1. The molecule has 178 valence electrons. The van der Waals surface area contributed by atoms with E-state index in [-0.39, 0.29) is 24.1 Å². The Hall–Kier alpha value is -3.13. The first-order valence-corrected chi connectivity index (χ1v) is 10.8. The zero-order valence-electron chi connectivity index (χ0n) is 19.7. The zero-order chi connectivity index (χ0) is 24.8. The summed E-state index contributed by atoms with van der Waals surface area (Å²) in [5, 5.41) is 5.59. The van der Waals surface area contributed by atoms with E-state index < -0.39 is 35.4 Å². The Bertz CT molecular complexity index is 981. The van der Waals surface area contributed by atoms with E-state index in [9.17, 15) is 23.2 Å². The van der Waals surface area contributed by atoms with E-state index in [1.165, 1.54) is 6.92 Å². The van der Waals surface area contributed by atoms with Crippen LogP contribution in [0.1, 0.15) is 45.7 Å². The van der Waals surface area contributed by atoms with E-state index in [1.54, 1.807) is 12.1 Å². The summed E-state index contributed by atoms with van der Waals surface area (Å²) >= 11 is 0. The van der Waals surface area contributed by atoms with E-state index >= 15 is 0 Å². The predicted molar refractivity (Wildman–Crippen MR) is 124 cm³/mol. The Kier molecular flexibility index (Phi) is 8.82. The maximum Gasteiger partial charge on any atom is 0.256 e. The van der Waals surface area contributed by atoms with Gasteiger partial charge in [-0.25, -0.2) is 13.7 Å². The number of halogens is 2. The molecule has 0 fully saturated rings. The minimum absolute atomic E-state index is 0.0754. The second-order valence-electron chi connectivity index (χ2n) is 8.93. The quantitative estimate of drug-likeness (QED) is 0.633. The van der Waals surface area contributed by atoms with Gasteiger partial charge in [0.25, 0.3) is 5.91 Å². The van der Waals surface area contributed by atoms with Crippen molar-refractivity contribution in [2.24, 2.45) is 0 Å². The van der Waals surface area contributed by atoms with E-state index in [1.807, 2.05) is 39.8 Å². The highest BCUT2D eigenvalue weighted by atomic mass is 19.1. The van der Waals surface area contributed by atoms with E-state index in [0.717, 1.165) is 29.0 Å². The van der Waals surface area contributed by atoms with Crippen LogP contribution in [0.25, 0.3) is 0 Å². The Morgan fingerprint density at radius 3 is 2.06 bits per heavy atom. The molecule has 2 aromatic carbocycles. The van der Waals surface area contributed by atoms with Crippen molar-refractivity contribution in [1.82, 2.24) is 10.6 Å². The van der Waals surface area contributed by atoms with Crippen LogP contribution in [0.4, 0.5) is 14.5 Å². The number of carbonyl (C=O) groups is 3. The molecule has 6 nitrogen and oxygen atoms in total. The van der Waals surface area contributed by atoms with Crippen LogP contribution in [0.15, 0.2) is 42.5 Å². The Balaban J connectivity index is 2.18. The maximum absolute atomic E-state index is 13.4. The number of hydrogen-bond donors (Lipinski definition) is 2. The van der Waals surface area contributed by atoms with Crippen molar-refractivity contribution in [3.05, 3.63) is 65.2 Å². The fourth-order valence-electron chi connectivity index (χ4n) is 3.14. The van der Waals surface area contributed by atoms with Crippen LogP contribution < -0.4 is 15.5 Å². The van der Waals surface area contributed by atoms with Crippen molar-refractivity contribution in [2.45, 2.75) is 59.0 Å². The highest BCUT2D eigenvalue weighted by molar-refractivity contribution is 6.17. The molecule has 8 heteroatoms. The lowest BCUT2D eigenvalue weighted by Crippen LogP contribution is -2.53. The summed E-state index contributed by atoms with van der Waals surface area (Å²) in [7, 11) is 0.